The van der Waals surface area contributed by atoms with Crippen LogP contribution in [0.5, 0.6) is 0 Å². The lowest BCUT2D eigenvalue weighted by molar-refractivity contribution is -0.121. The molecule has 18 heavy (non-hydrogen) atoms. The zero-order chi connectivity index (χ0) is 13.4. The molecule has 3 N–H and O–H groups in total. The summed E-state index contributed by atoms with van der Waals surface area (Å²) in [6.45, 7) is 2.70. The van der Waals surface area contributed by atoms with Crippen molar-refractivity contribution in [1.82, 2.24) is 5.32 Å². The molecule has 0 radical (unpaired) electrons. The molecule has 0 aromatic heterocycles. The first kappa shape index (κ1) is 14.6. The first-order valence-corrected chi connectivity index (χ1v) is 6.59. The molecule has 1 aromatic rings. The van der Waals surface area contributed by atoms with Gasteiger partial charge < -0.3 is 11.1 Å². The van der Waals surface area contributed by atoms with Crippen molar-refractivity contribution in [3.63, 3.8) is 0 Å². The molecule has 0 aliphatic rings. The van der Waals surface area contributed by atoms with Crippen molar-refractivity contribution < 1.29 is 4.79 Å². The van der Waals surface area contributed by atoms with Crippen molar-refractivity contribution in [2.45, 2.75) is 32.6 Å². The molecule has 0 saturated heterocycles. The van der Waals surface area contributed by atoms with Crippen molar-refractivity contribution in [3.05, 3.63) is 35.4 Å². The summed E-state index contributed by atoms with van der Waals surface area (Å²) in [5.74, 6) is 0.0828. The van der Waals surface area contributed by atoms with Crippen LogP contribution in [0.3, 0.4) is 0 Å². The van der Waals surface area contributed by atoms with Crippen LogP contribution >= 0.6 is 12.2 Å². The van der Waals surface area contributed by atoms with Crippen LogP contribution in [0.2, 0.25) is 0 Å². The Kier molecular flexibility index (Phi) is 6.36. The zero-order valence-electron chi connectivity index (χ0n) is 10.7. The maximum Gasteiger partial charge on any atom is 0.220 e. The molecular formula is C14H20N2OS. The minimum Gasteiger partial charge on any atom is -0.393 e. The molecule has 1 aromatic carbocycles. The number of carbonyl (C=O) groups is 1. The molecule has 0 unspecified atom stereocenters. The molecule has 0 bridgehead atoms. The molecule has 0 spiro atoms. The fraction of sp³-hybridized carbons (Fsp3) is 0.429. The van der Waals surface area contributed by atoms with Crippen molar-refractivity contribution in [2.24, 2.45) is 5.73 Å². The van der Waals surface area contributed by atoms with Crippen molar-refractivity contribution in [1.29, 1.82) is 0 Å². The molecule has 98 valence electrons. The van der Waals surface area contributed by atoms with Crippen LogP contribution in [-0.2, 0) is 11.2 Å². The lowest BCUT2D eigenvalue weighted by Crippen LogP contribution is -2.25. The van der Waals surface area contributed by atoms with Crippen LogP contribution in [0, 0.1) is 6.92 Å². The highest BCUT2D eigenvalue weighted by atomic mass is 32.1. The number of carbonyl (C=O) groups excluding carboxylic acids is 1. The number of hydrogen-bond acceptors (Lipinski definition) is 2. The number of nitrogens with two attached hydrogens (primary N) is 1. The van der Waals surface area contributed by atoms with Gasteiger partial charge in [-0.2, -0.15) is 0 Å². The Morgan fingerprint density at radius 1 is 1.39 bits per heavy atom. The average Bonchev–Trinajstić information content (AvgIpc) is 2.32. The van der Waals surface area contributed by atoms with E-state index >= 15 is 0 Å². The number of rotatable bonds is 7. The normalized spacial score (nSPS) is 10.1. The SMILES string of the molecule is Cc1cccc(CCC(=O)NCCCC(N)=S)c1. The van der Waals surface area contributed by atoms with Crippen LogP contribution in [0.25, 0.3) is 0 Å². The summed E-state index contributed by atoms with van der Waals surface area (Å²) in [5, 5.41) is 2.87. The van der Waals surface area contributed by atoms with Gasteiger partial charge in [-0.25, -0.2) is 0 Å². The van der Waals surface area contributed by atoms with Gasteiger partial charge in [0.25, 0.3) is 0 Å². The van der Waals surface area contributed by atoms with E-state index in [-0.39, 0.29) is 5.91 Å². The van der Waals surface area contributed by atoms with Gasteiger partial charge in [-0.15, -0.1) is 0 Å². The summed E-state index contributed by atoms with van der Waals surface area (Å²) in [6, 6.07) is 8.23. The zero-order valence-corrected chi connectivity index (χ0v) is 11.6. The predicted molar refractivity (Wildman–Crippen MR) is 78.5 cm³/mol. The quantitative estimate of drug-likeness (QED) is 0.586. The lowest BCUT2D eigenvalue weighted by Gasteiger charge is -2.05. The van der Waals surface area contributed by atoms with Gasteiger partial charge in [0.05, 0.1) is 4.99 Å². The topological polar surface area (TPSA) is 55.1 Å². The Morgan fingerprint density at radius 3 is 2.83 bits per heavy atom. The highest BCUT2D eigenvalue weighted by molar-refractivity contribution is 7.80. The van der Waals surface area contributed by atoms with Crippen molar-refractivity contribution in [2.75, 3.05) is 6.54 Å². The van der Waals surface area contributed by atoms with Crippen LogP contribution in [0.4, 0.5) is 0 Å². The van der Waals surface area contributed by atoms with E-state index in [1.807, 2.05) is 12.1 Å². The van der Waals surface area contributed by atoms with Crippen LogP contribution in [0.15, 0.2) is 24.3 Å². The van der Waals surface area contributed by atoms with E-state index in [4.69, 9.17) is 18.0 Å². The van der Waals surface area contributed by atoms with Crippen LogP contribution < -0.4 is 11.1 Å². The Bertz CT molecular complexity index is 418. The maximum absolute atomic E-state index is 11.6. The third-order valence-corrected chi connectivity index (χ3v) is 2.85. The van der Waals surface area contributed by atoms with E-state index in [9.17, 15) is 4.79 Å². The van der Waals surface area contributed by atoms with E-state index in [0.29, 0.717) is 24.4 Å². The first-order valence-electron chi connectivity index (χ1n) is 6.18. The van der Waals surface area contributed by atoms with Gasteiger partial charge in [0.2, 0.25) is 5.91 Å². The number of aryl methyl sites for hydroxylation is 2. The maximum atomic E-state index is 11.6. The van der Waals surface area contributed by atoms with Crippen LogP contribution in [-0.4, -0.2) is 17.4 Å². The smallest absolute Gasteiger partial charge is 0.220 e. The average molecular weight is 264 g/mol. The number of benzene rings is 1. The van der Waals surface area contributed by atoms with Gasteiger partial charge in [-0.1, -0.05) is 42.0 Å². The third kappa shape index (κ3) is 6.35. The summed E-state index contributed by atoms with van der Waals surface area (Å²) < 4.78 is 0. The van der Waals surface area contributed by atoms with Gasteiger partial charge in [0.15, 0.2) is 0 Å². The molecular weight excluding hydrogens is 244 g/mol. The molecule has 0 fully saturated rings. The molecule has 0 saturated carbocycles. The Hall–Kier alpha value is -1.42. The van der Waals surface area contributed by atoms with E-state index in [1.165, 1.54) is 11.1 Å². The number of nitrogens with one attached hydrogen (secondary N) is 1. The largest absolute Gasteiger partial charge is 0.393 e. The second-order valence-electron chi connectivity index (χ2n) is 4.41. The van der Waals surface area contributed by atoms with Crippen molar-refractivity contribution in [3.8, 4) is 0 Å². The predicted octanol–water partition coefficient (Wildman–Crippen LogP) is 2.11. The van der Waals surface area contributed by atoms with Gasteiger partial charge in [-0.05, 0) is 31.7 Å². The number of amides is 1. The number of hydrogen-bond donors (Lipinski definition) is 2. The summed E-state index contributed by atoms with van der Waals surface area (Å²) in [4.78, 5) is 12.1. The second-order valence-corrected chi connectivity index (χ2v) is 4.93. The fourth-order valence-electron chi connectivity index (χ4n) is 1.70. The fourth-order valence-corrected chi connectivity index (χ4v) is 1.85. The Morgan fingerprint density at radius 2 is 2.17 bits per heavy atom. The first-order chi connectivity index (χ1) is 8.58. The molecule has 0 aliphatic carbocycles. The molecule has 0 aliphatic heterocycles. The minimum atomic E-state index is 0.0828. The lowest BCUT2D eigenvalue weighted by atomic mass is 10.1. The van der Waals surface area contributed by atoms with Gasteiger partial charge >= 0.3 is 0 Å². The van der Waals surface area contributed by atoms with E-state index in [0.717, 1.165) is 12.8 Å². The van der Waals surface area contributed by atoms with Gasteiger partial charge in [0, 0.05) is 13.0 Å². The molecule has 1 rings (SSSR count). The molecule has 0 heterocycles. The molecule has 3 nitrogen and oxygen atoms in total. The van der Waals surface area contributed by atoms with Gasteiger partial charge in [-0.3, -0.25) is 4.79 Å². The summed E-state index contributed by atoms with van der Waals surface area (Å²) in [5.41, 5.74) is 7.81. The third-order valence-electron chi connectivity index (χ3n) is 2.65. The molecule has 1 amide bonds. The summed E-state index contributed by atoms with van der Waals surface area (Å²) in [6.07, 6.45) is 2.80. The Balaban J connectivity index is 2.19. The standard InChI is InChI=1S/C14H20N2OS/c1-11-4-2-5-12(10-11)7-8-14(17)16-9-3-6-13(15)18/h2,4-5,10H,3,6-9H2,1H3,(H2,15,18)(H,16,17). The van der Waals surface area contributed by atoms with Crippen molar-refractivity contribution >= 4 is 23.1 Å². The van der Waals surface area contributed by atoms with Crippen LogP contribution in [0.1, 0.15) is 30.4 Å². The summed E-state index contributed by atoms with van der Waals surface area (Å²) in [7, 11) is 0. The monoisotopic (exact) mass is 264 g/mol. The second kappa shape index (κ2) is 7.82. The molecule has 4 heteroatoms. The van der Waals surface area contributed by atoms with E-state index in [2.05, 4.69) is 24.4 Å². The Labute approximate surface area is 114 Å². The van der Waals surface area contributed by atoms with E-state index in [1.54, 1.807) is 0 Å². The summed E-state index contributed by atoms with van der Waals surface area (Å²) >= 11 is 4.77. The number of thiocarbonyl (C=S) groups is 1. The highest BCUT2D eigenvalue weighted by Gasteiger charge is 2.02. The highest BCUT2D eigenvalue weighted by Crippen LogP contribution is 2.06. The van der Waals surface area contributed by atoms with E-state index < -0.39 is 0 Å². The van der Waals surface area contributed by atoms with Gasteiger partial charge in [0.1, 0.15) is 0 Å². The minimum absolute atomic E-state index is 0.0828. The molecule has 0 atom stereocenters.